The SMILES string of the molecule is CCc1ccc(OC(O)c2ccc(-c3ccc(C4CCC(C)CC4)c(F)c3F)cc2)cc1F. The largest absolute Gasteiger partial charge is 0.461 e. The molecule has 0 saturated heterocycles. The summed E-state index contributed by atoms with van der Waals surface area (Å²) in [5.74, 6) is -1.08. The first-order valence-corrected chi connectivity index (χ1v) is 11.6. The van der Waals surface area contributed by atoms with E-state index in [-0.39, 0.29) is 23.0 Å². The molecule has 174 valence electrons. The normalized spacial score (nSPS) is 19.3. The van der Waals surface area contributed by atoms with E-state index < -0.39 is 17.9 Å². The first-order valence-electron chi connectivity index (χ1n) is 11.6. The van der Waals surface area contributed by atoms with Gasteiger partial charge in [-0.05, 0) is 53.9 Å². The maximum absolute atomic E-state index is 14.9. The number of benzene rings is 3. The van der Waals surface area contributed by atoms with Crippen LogP contribution < -0.4 is 4.74 Å². The van der Waals surface area contributed by atoms with Gasteiger partial charge >= 0.3 is 0 Å². The van der Waals surface area contributed by atoms with Gasteiger partial charge < -0.3 is 9.84 Å². The molecule has 0 radical (unpaired) electrons. The Kier molecular flexibility index (Phi) is 7.08. The van der Waals surface area contributed by atoms with E-state index in [1.807, 2.05) is 6.92 Å². The molecule has 2 nitrogen and oxygen atoms in total. The van der Waals surface area contributed by atoms with E-state index in [2.05, 4.69) is 6.92 Å². The van der Waals surface area contributed by atoms with Crippen LogP contribution in [-0.4, -0.2) is 5.11 Å². The van der Waals surface area contributed by atoms with E-state index in [1.165, 1.54) is 6.07 Å². The summed E-state index contributed by atoms with van der Waals surface area (Å²) in [7, 11) is 0. The van der Waals surface area contributed by atoms with Gasteiger partial charge in [0.15, 0.2) is 11.6 Å². The second-order valence-corrected chi connectivity index (χ2v) is 8.99. The van der Waals surface area contributed by atoms with Crippen molar-refractivity contribution in [3.8, 4) is 16.9 Å². The van der Waals surface area contributed by atoms with Crippen LogP contribution in [0.5, 0.6) is 5.75 Å². The molecule has 0 heterocycles. The van der Waals surface area contributed by atoms with Gasteiger partial charge in [0.05, 0.1) is 0 Å². The molecular formula is C28H29F3O2. The Morgan fingerprint density at radius 1 is 0.909 bits per heavy atom. The molecular weight excluding hydrogens is 425 g/mol. The van der Waals surface area contributed by atoms with Crippen molar-refractivity contribution in [2.75, 3.05) is 0 Å². The first kappa shape index (κ1) is 23.4. The summed E-state index contributed by atoms with van der Waals surface area (Å²) in [4.78, 5) is 0. The van der Waals surface area contributed by atoms with Crippen molar-refractivity contribution in [2.24, 2.45) is 5.92 Å². The summed E-state index contributed by atoms with van der Waals surface area (Å²) < 4.78 is 49.2. The van der Waals surface area contributed by atoms with Gasteiger partial charge in [-0.3, -0.25) is 0 Å². The molecule has 4 rings (SSSR count). The molecule has 1 fully saturated rings. The molecule has 33 heavy (non-hydrogen) atoms. The Hall–Kier alpha value is -2.79. The fourth-order valence-electron chi connectivity index (χ4n) is 4.59. The van der Waals surface area contributed by atoms with Crippen molar-refractivity contribution < 1.29 is 23.0 Å². The Bertz CT molecular complexity index is 1100. The highest BCUT2D eigenvalue weighted by atomic mass is 19.2. The van der Waals surface area contributed by atoms with Gasteiger partial charge in [0, 0.05) is 17.2 Å². The zero-order valence-corrected chi connectivity index (χ0v) is 19.0. The van der Waals surface area contributed by atoms with Crippen molar-refractivity contribution in [2.45, 2.75) is 58.2 Å². The maximum atomic E-state index is 14.9. The molecule has 5 heteroatoms. The van der Waals surface area contributed by atoms with Gasteiger partial charge in [0.1, 0.15) is 11.6 Å². The number of aryl methyl sites for hydroxylation is 1. The third kappa shape index (κ3) is 5.09. The van der Waals surface area contributed by atoms with Gasteiger partial charge in [-0.1, -0.05) is 69.2 Å². The minimum Gasteiger partial charge on any atom is -0.461 e. The zero-order chi connectivity index (χ0) is 23.5. The van der Waals surface area contributed by atoms with Gasteiger partial charge in [-0.2, -0.15) is 0 Å². The lowest BCUT2D eigenvalue weighted by Gasteiger charge is -2.27. The monoisotopic (exact) mass is 454 g/mol. The molecule has 1 unspecified atom stereocenters. The first-order chi connectivity index (χ1) is 15.9. The fraction of sp³-hybridized carbons (Fsp3) is 0.357. The van der Waals surface area contributed by atoms with E-state index in [1.54, 1.807) is 48.5 Å². The van der Waals surface area contributed by atoms with E-state index in [4.69, 9.17) is 4.74 Å². The molecule has 1 aliphatic carbocycles. The van der Waals surface area contributed by atoms with Gasteiger partial charge in [-0.25, -0.2) is 13.2 Å². The Morgan fingerprint density at radius 2 is 1.61 bits per heavy atom. The third-order valence-corrected chi connectivity index (χ3v) is 6.73. The van der Waals surface area contributed by atoms with Crippen LogP contribution in [0.3, 0.4) is 0 Å². The lowest BCUT2D eigenvalue weighted by atomic mass is 9.79. The molecule has 0 aliphatic heterocycles. The predicted molar refractivity (Wildman–Crippen MR) is 124 cm³/mol. The minimum atomic E-state index is -1.32. The number of halogens is 3. The predicted octanol–water partition coefficient (Wildman–Crippen LogP) is 7.70. The van der Waals surface area contributed by atoms with E-state index in [0.717, 1.165) is 25.7 Å². The molecule has 0 spiro atoms. The number of aliphatic hydroxyl groups is 1. The minimum absolute atomic E-state index is 0.0654. The highest BCUT2D eigenvalue weighted by molar-refractivity contribution is 5.65. The van der Waals surface area contributed by atoms with Gasteiger partial charge in [-0.15, -0.1) is 0 Å². The average molecular weight is 455 g/mol. The quantitative estimate of drug-likeness (QED) is 0.387. The van der Waals surface area contributed by atoms with Crippen LogP contribution in [0.1, 0.15) is 68.4 Å². The molecule has 0 aromatic heterocycles. The lowest BCUT2D eigenvalue weighted by molar-refractivity contribution is -0.0196. The van der Waals surface area contributed by atoms with E-state index in [9.17, 15) is 18.3 Å². The van der Waals surface area contributed by atoms with Gasteiger partial charge in [0.25, 0.3) is 0 Å². The van der Waals surface area contributed by atoms with Crippen LogP contribution in [0.25, 0.3) is 11.1 Å². The number of aliphatic hydroxyl groups excluding tert-OH is 1. The van der Waals surface area contributed by atoms with Crippen LogP contribution in [0, 0.1) is 23.4 Å². The summed E-state index contributed by atoms with van der Waals surface area (Å²) in [6, 6.07) is 14.2. The lowest BCUT2D eigenvalue weighted by Crippen LogP contribution is -2.13. The topological polar surface area (TPSA) is 29.5 Å². The number of hydrogen-bond acceptors (Lipinski definition) is 2. The van der Waals surface area contributed by atoms with Crippen molar-refractivity contribution in [3.05, 3.63) is 88.7 Å². The molecule has 1 saturated carbocycles. The summed E-state index contributed by atoms with van der Waals surface area (Å²) in [5, 5.41) is 10.4. The maximum Gasteiger partial charge on any atom is 0.224 e. The van der Waals surface area contributed by atoms with Crippen LogP contribution in [0.4, 0.5) is 13.2 Å². The summed E-state index contributed by atoms with van der Waals surface area (Å²) >= 11 is 0. The Morgan fingerprint density at radius 3 is 2.24 bits per heavy atom. The standard InChI is InChI=1S/C28H29F3O2/c1-3-18-12-13-22(16-25(18)29)33-28(32)21-10-8-20(9-11-21)24-15-14-23(26(30)27(24)31)19-6-4-17(2)5-7-19/h8-17,19,28,32H,3-7H2,1-2H3. The van der Waals surface area contributed by atoms with Crippen molar-refractivity contribution >= 4 is 0 Å². The van der Waals surface area contributed by atoms with Crippen LogP contribution in [-0.2, 0) is 6.42 Å². The van der Waals surface area contributed by atoms with Crippen molar-refractivity contribution in [1.82, 2.24) is 0 Å². The van der Waals surface area contributed by atoms with Crippen LogP contribution in [0.2, 0.25) is 0 Å². The highest BCUT2D eigenvalue weighted by Crippen LogP contribution is 2.38. The van der Waals surface area contributed by atoms with Crippen molar-refractivity contribution in [1.29, 1.82) is 0 Å². The molecule has 1 atom stereocenters. The molecule has 3 aromatic rings. The van der Waals surface area contributed by atoms with Crippen LogP contribution in [0.15, 0.2) is 54.6 Å². The summed E-state index contributed by atoms with van der Waals surface area (Å²) in [5.41, 5.74) is 2.14. The van der Waals surface area contributed by atoms with E-state index in [0.29, 0.717) is 34.6 Å². The molecule has 3 aromatic carbocycles. The summed E-state index contributed by atoms with van der Waals surface area (Å²) in [6.45, 7) is 4.05. The number of rotatable bonds is 6. The third-order valence-electron chi connectivity index (χ3n) is 6.73. The Labute approximate surface area is 193 Å². The molecule has 1 aliphatic rings. The number of ether oxygens (including phenoxy) is 1. The molecule has 0 bridgehead atoms. The zero-order valence-electron chi connectivity index (χ0n) is 19.0. The summed E-state index contributed by atoms with van der Waals surface area (Å²) in [6.07, 6.45) is 3.09. The van der Waals surface area contributed by atoms with Gasteiger partial charge in [0.2, 0.25) is 6.29 Å². The highest BCUT2D eigenvalue weighted by Gasteiger charge is 2.25. The van der Waals surface area contributed by atoms with E-state index >= 15 is 0 Å². The van der Waals surface area contributed by atoms with Crippen LogP contribution >= 0.6 is 0 Å². The van der Waals surface area contributed by atoms with Crippen molar-refractivity contribution in [3.63, 3.8) is 0 Å². The Balaban J connectivity index is 1.49. The average Bonchev–Trinajstić information content (AvgIpc) is 2.82. The number of hydrogen-bond donors (Lipinski definition) is 1. The fourth-order valence-corrected chi connectivity index (χ4v) is 4.59. The second kappa shape index (κ2) is 10.0. The molecule has 1 N–H and O–H groups in total. The molecule has 0 amide bonds. The smallest absolute Gasteiger partial charge is 0.224 e. The second-order valence-electron chi connectivity index (χ2n) is 8.99.